The highest BCUT2D eigenvalue weighted by molar-refractivity contribution is 5.73. The molecule has 0 saturated carbocycles. The Morgan fingerprint density at radius 1 is 0.109 bits per heavy atom. The second-order valence-electron chi connectivity index (χ2n) is 14.2. The van der Waals surface area contributed by atoms with Gasteiger partial charge in [0.05, 0.1) is 0 Å². The first-order chi connectivity index (χ1) is 45.7. The van der Waals surface area contributed by atoms with Gasteiger partial charge in [-0.2, -0.15) is 0 Å². The minimum Gasteiger partial charge on any atom is -0.0683 e. The zero-order chi connectivity index (χ0) is 73.1. The topological polar surface area (TPSA) is 0 Å². The molecule has 0 radical (unpaired) electrons. The number of aryl methyl sites for hydroxylation is 2. The lowest BCUT2D eigenvalue weighted by Gasteiger charge is -2.06. The van der Waals surface area contributed by atoms with Crippen molar-refractivity contribution in [1.29, 1.82) is 0 Å². The fourth-order valence-corrected chi connectivity index (χ4v) is 6.03. The van der Waals surface area contributed by atoms with E-state index in [9.17, 15) is 0 Å². The number of hydrogen-bond acceptors (Lipinski definition) is 0. The van der Waals surface area contributed by atoms with E-state index in [0.717, 1.165) is 0 Å². The van der Waals surface area contributed by atoms with E-state index >= 15 is 0 Å². The highest BCUT2D eigenvalue weighted by Gasteiger charge is 2.02. The standard InChI is InChI=1S/2C19H16.4C6H6.15C2H6/c1-15-10-12-17(13-11-15)19-9-5-8-18(14-19)16-6-3-2-4-7-16;1-15-7-9-17(10-8-15)19-13-11-18(12-14-19)16-5-3-2-4-6-16;4*1-2-4-6-5-3-1;15*1-2/h2*2-14H,1H3;4*1-6H;15*1-2H3. The highest BCUT2D eigenvalue weighted by atomic mass is 14.1. The summed E-state index contributed by atoms with van der Waals surface area (Å²) in [4.78, 5) is 0. The van der Waals surface area contributed by atoms with Crippen molar-refractivity contribution in [2.75, 3.05) is 0 Å². The third kappa shape index (κ3) is 69.7. The van der Waals surface area contributed by atoms with Crippen molar-refractivity contribution in [1.82, 2.24) is 0 Å². The first-order valence-electron chi connectivity index (χ1n) is 36.1. The smallest absolute Gasteiger partial charge is 0.0178 e. The molecule has 0 amide bonds. The van der Waals surface area contributed by atoms with Crippen molar-refractivity contribution in [2.45, 2.75) is 222 Å². The summed E-state index contributed by atoms with van der Waals surface area (Å²) < 4.78 is 0. The van der Waals surface area contributed by atoms with Crippen LogP contribution in [0.3, 0.4) is 0 Å². The molecular formula is C92H146. The first kappa shape index (κ1) is 109. The van der Waals surface area contributed by atoms with Gasteiger partial charge in [-0.3, -0.25) is 0 Å². The molecule has 0 aliphatic rings. The van der Waals surface area contributed by atoms with Crippen molar-refractivity contribution >= 4 is 0 Å². The molecular weight excluding hydrogens is 1110 g/mol. The molecule has 0 aliphatic carbocycles. The quantitative estimate of drug-likeness (QED) is 0.165. The number of benzene rings is 10. The molecule has 0 spiro atoms. The van der Waals surface area contributed by atoms with Crippen LogP contribution < -0.4 is 0 Å². The van der Waals surface area contributed by atoms with Crippen molar-refractivity contribution in [2.24, 2.45) is 0 Å². The maximum absolute atomic E-state index is 2.25. The van der Waals surface area contributed by atoms with Crippen LogP contribution in [0.1, 0.15) is 219 Å². The van der Waals surface area contributed by atoms with E-state index in [4.69, 9.17) is 0 Å². The van der Waals surface area contributed by atoms with Gasteiger partial charge in [0.1, 0.15) is 0 Å². The van der Waals surface area contributed by atoms with Crippen LogP contribution in [0.2, 0.25) is 0 Å². The van der Waals surface area contributed by atoms with Gasteiger partial charge in [0.25, 0.3) is 0 Å². The molecule has 10 aromatic rings. The van der Waals surface area contributed by atoms with E-state index in [1.807, 2.05) is 365 Å². The molecule has 0 fully saturated rings. The fourth-order valence-electron chi connectivity index (χ4n) is 6.03. The number of rotatable bonds is 4. The van der Waals surface area contributed by atoms with Gasteiger partial charge in [-0.05, 0) is 64.4 Å². The van der Waals surface area contributed by atoms with Gasteiger partial charge in [0.15, 0.2) is 0 Å². The molecule has 0 N–H and O–H groups in total. The van der Waals surface area contributed by atoms with Gasteiger partial charge >= 0.3 is 0 Å². The predicted octanol–water partition coefficient (Wildman–Crippen LogP) is 32.8. The molecule has 0 heterocycles. The predicted molar refractivity (Wildman–Crippen MR) is 440 cm³/mol. The molecule has 0 nitrogen and oxygen atoms in total. The van der Waals surface area contributed by atoms with E-state index in [-0.39, 0.29) is 0 Å². The Morgan fingerprint density at radius 2 is 0.217 bits per heavy atom. The normalized spacial score (nSPS) is 7.35. The second kappa shape index (κ2) is 108. The van der Waals surface area contributed by atoms with E-state index in [2.05, 4.69) is 159 Å². The molecule has 0 aromatic heterocycles. The van der Waals surface area contributed by atoms with Gasteiger partial charge in [-0.25, -0.2) is 0 Å². The molecule has 10 aromatic carbocycles. The Balaban J connectivity index is -0.0000000919. The summed E-state index contributed by atoms with van der Waals surface area (Å²) in [6, 6.07) is 104. The van der Waals surface area contributed by atoms with Crippen LogP contribution in [0.4, 0.5) is 0 Å². The monoisotopic (exact) mass is 1250 g/mol. The number of hydrogen-bond donors (Lipinski definition) is 0. The van der Waals surface area contributed by atoms with Crippen LogP contribution >= 0.6 is 0 Å². The third-order valence-electron chi connectivity index (χ3n) is 9.40. The Labute approximate surface area is 577 Å². The maximum atomic E-state index is 2.25. The maximum Gasteiger partial charge on any atom is -0.0178 e. The molecule has 514 valence electrons. The lowest BCUT2D eigenvalue weighted by molar-refractivity contribution is 1.47. The van der Waals surface area contributed by atoms with Crippen molar-refractivity contribution < 1.29 is 0 Å². The van der Waals surface area contributed by atoms with Gasteiger partial charge in [-0.15, -0.1) is 0 Å². The molecule has 0 bridgehead atoms. The van der Waals surface area contributed by atoms with Crippen LogP contribution in [0.25, 0.3) is 44.5 Å². The van der Waals surface area contributed by atoms with Gasteiger partial charge in [-0.1, -0.05) is 516 Å². The Hall–Kier alpha value is -7.80. The average Bonchev–Trinajstić information content (AvgIpc) is 1.35. The van der Waals surface area contributed by atoms with Gasteiger partial charge in [0.2, 0.25) is 0 Å². The van der Waals surface area contributed by atoms with Crippen LogP contribution in [0.15, 0.2) is 303 Å². The third-order valence-corrected chi connectivity index (χ3v) is 9.40. The largest absolute Gasteiger partial charge is 0.0683 e. The second-order valence-corrected chi connectivity index (χ2v) is 14.2. The molecule has 10 rings (SSSR count). The summed E-state index contributed by atoms with van der Waals surface area (Å²) in [7, 11) is 0. The zero-order valence-corrected chi connectivity index (χ0v) is 65.9. The molecule has 0 atom stereocenters. The van der Waals surface area contributed by atoms with Crippen molar-refractivity contribution in [3.05, 3.63) is 314 Å². The molecule has 0 heteroatoms. The molecule has 0 unspecified atom stereocenters. The van der Waals surface area contributed by atoms with Gasteiger partial charge < -0.3 is 0 Å². The van der Waals surface area contributed by atoms with E-state index in [0.29, 0.717) is 0 Å². The SMILES string of the molecule is CC.CC.CC.CC.CC.CC.CC.CC.CC.CC.CC.CC.CC.CC.CC.Cc1ccc(-c2ccc(-c3ccccc3)cc2)cc1.Cc1ccc(-c2cccc(-c3ccccc3)c2)cc1.c1ccccc1.c1ccccc1.c1ccccc1.c1ccccc1. The Kier molecular flexibility index (Phi) is 128. The summed E-state index contributed by atoms with van der Waals surface area (Å²) in [6.45, 7) is 64.2. The Morgan fingerprint density at radius 3 is 0.391 bits per heavy atom. The fraction of sp³-hybridized carbons (Fsp3) is 0.348. The van der Waals surface area contributed by atoms with Crippen LogP contribution in [-0.2, 0) is 0 Å². The summed E-state index contributed by atoms with van der Waals surface area (Å²) in [5.41, 5.74) is 12.7. The van der Waals surface area contributed by atoms with Crippen LogP contribution in [0.5, 0.6) is 0 Å². The average molecular weight is 1250 g/mol. The van der Waals surface area contributed by atoms with E-state index in [1.165, 1.54) is 55.6 Å². The van der Waals surface area contributed by atoms with Crippen LogP contribution in [-0.4, -0.2) is 0 Å². The van der Waals surface area contributed by atoms with E-state index in [1.54, 1.807) is 0 Å². The molecule has 0 aliphatic heterocycles. The Bertz CT molecular complexity index is 2320. The molecule has 0 saturated heterocycles. The van der Waals surface area contributed by atoms with Crippen molar-refractivity contribution in [3.8, 4) is 44.5 Å². The summed E-state index contributed by atoms with van der Waals surface area (Å²) in [6.07, 6.45) is 0. The minimum atomic E-state index is 1.26. The van der Waals surface area contributed by atoms with Crippen molar-refractivity contribution in [3.63, 3.8) is 0 Å². The summed E-state index contributed by atoms with van der Waals surface area (Å²) in [5.74, 6) is 0. The first-order valence-corrected chi connectivity index (χ1v) is 36.1. The lowest BCUT2D eigenvalue weighted by atomic mass is 9.99. The zero-order valence-electron chi connectivity index (χ0n) is 65.9. The van der Waals surface area contributed by atoms with E-state index < -0.39 is 0 Å². The summed E-state index contributed by atoms with van der Waals surface area (Å²) >= 11 is 0. The van der Waals surface area contributed by atoms with Gasteiger partial charge in [0, 0.05) is 0 Å². The molecule has 92 heavy (non-hydrogen) atoms. The lowest BCUT2D eigenvalue weighted by Crippen LogP contribution is -1.81. The minimum absolute atomic E-state index is 1.26. The summed E-state index contributed by atoms with van der Waals surface area (Å²) in [5, 5.41) is 0. The van der Waals surface area contributed by atoms with Crippen LogP contribution in [0, 0.1) is 13.8 Å². The highest BCUT2D eigenvalue weighted by Crippen LogP contribution is 2.27.